The van der Waals surface area contributed by atoms with E-state index in [0.717, 1.165) is 0 Å². The highest BCUT2D eigenvalue weighted by Crippen LogP contribution is 2.26. The highest BCUT2D eigenvalue weighted by atomic mass is 16.2. The molecule has 1 aliphatic carbocycles. The third kappa shape index (κ3) is 1.61. The number of hydrogen-bond acceptors (Lipinski definition) is 2. The molecule has 0 bridgehead atoms. The number of carbonyl (C=O) groups is 1. The lowest BCUT2D eigenvalue weighted by atomic mass is 9.87. The van der Waals surface area contributed by atoms with Crippen LogP contribution in [0.3, 0.4) is 0 Å². The summed E-state index contributed by atoms with van der Waals surface area (Å²) in [5, 5.41) is 6.19. The van der Waals surface area contributed by atoms with Gasteiger partial charge < -0.3 is 5.32 Å². The fraction of sp³-hybridized carbons (Fsp3) is 0.889. The molecule has 1 atom stereocenters. The van der Waals surface area contributed by atoms with Crippen molar-refractivity contribution in [2.24, 2.45) is 5.92 Å². The fourth-order valence-corrected chi connectivity index (χ4v) is 2.23. The minimum atomic E-state index is 0.158. The number of carbonyl (C=O) groups excluding carboxylic acids is 1. The van der Waals surface area contributed by atoms with Crippen LogP contribution < -0.4 is 10.6 Å². The van der Waals surface area contributed by atoms with Gasteiger partial charge in [-0.3, -0.25) is 10.1 Å². The molecule has 12 heavy (non-hydrogen) atoms. The van der Waals surface area contributed by atoms with Gasteiger partial charge in [0.05, 0.1) is 12.7 Å². The van der Waals surface area contributed by atoms with Gasteiger partial charge in [-0.2, -0.15) is 0 Å². The third-order valence-corrected chi connectivity index (χ3v) is 2.92. The van der Waals surface area contributed by atoms with Crippen molar-refractivity contribution in [3.8, 4) is 0 Å². The van der Waals surface area contributed by atoms with Crippen LogP contribution in [0.25, 0.3) is 0 Å². The van der Waals surface area contributed by atoms with Crippen molar-refractivity contribution >= 4 is 5.91 Å². The number of amides is 1. The van der Waals surface area contributed by atoms with E-state index in [1.54, 1.807) is 0 Å². The van der Waals surface area contributed by atoms with E-state index in [-0.39, 0.29) is 12.1 Å². The van der Waals surface area contributed by atoms with Gasteiger partial charge in [-0.15, -0.1) is 0 Å². The largest absolute Gasteiger partial charge is 0.339 e. The third-order valence-electron chi connectivity index (χ3n) is 2.92. The molecule has 1 saturated heterocycles. The highest BCUT2D eigenvalue weighted by Gasteiger charge is 2.28. The predicted molar refractivity (Wildman–Crippen MR) is 46.5 cm³/mol. The van der Waals surface area contributed by atoms with Crippen molar-refractivity contribution < 1.29 is 4.79 Å². The van der Waals surface area contributed by atoms with Gasteiger partial charge in [0.15, 0.2) is 0 Å². The molecular weight excluding hydrogens is 152 g/mol. The average Bonchev–Trinajstić information content (AvgIpc) is 2.54. The van der Waals surface area contributed by atoms with E-state index in [0.29, 0.717) is 12.5 Å². The Morgan fingerprint density at radius 1 is 1.17 bits per heavy atom. The Hall–Kier alpha value is -0.570. The molecule has 0 aromatic carbocycles. The summed E-state index contributed by atoms with van der Waals surface area (Å²) in [4.78, 5) is 10.9. The first kappa shape index (κ1) is 8.05. The lowest BCUT2D eigenvalue weighted by Crippen LogP contribution is -2.40. The summed E-state index contributed by atoms with van der Waals surface area (Å²) >= 11 is 0. The summed E-state index contributed by atoms with van der Waals surface area (Å²) in [7, 11) is 0. The van der Waals surface area contributed by atoms with Crippen molar-refractivity contribution in [2.45, 2.75) is 38.3 Å². The smallest absolute Gasteiger partial charge is 0.235 e. The topological polar surface area (TPSA) is 41.1 Å². The van der Waals surface area contributed by atoms with E-state index in [2.05, 4.69) is 10.6 Å². The molecule has 0 radical (unpaired) electrons. The van der Waals surface area contributed by atoms with Crippen molar-refractivity contribution in [3.63, 3.8) is 0 Å². The summed E-state index contributed by atoms with van der Waals surface area (Å²) in [6, 6.07) is 0. The molecule has 1 unspecified atom stereocenters. The van der Waals surface area contributed by atoms with Gasteiger partial charge in [-0.25, -0.2) is 0 Å². The van der Waals surface area contributed by atoms with Crippen molar-refractivity contribution in [1.29, 1.82) is 0 Å². The molecule has 2 N–H and O–H groups in total. The highest BCUT2D eigenvalue weighted by molar-refractivity contribution is 5.80. The first-order valence-corrected chi connectivity index (χ1v) is 4.89. The summed E-state index contributed by atoms with van der Waals surface area (Å²) in [6.45, 7) is 0.515. The molecular formula is C9H16N2O. The maximum absolute atomic E-state index is 10.9. The number of hydrogen-bond donors (Lipinski definition) is 2. The van der Waals surface area contributed by atoms with E-state index in [9.17, 15) is 4.79 Å². The Labute approximate surface area is 72.9 Å². The van der Waals surface area contributed by atoms with Gasteiger partial charge in [0, 0.05) is 0 Å². The molecule has 1 heterocycles. The Morgan fingerprint density at radius 3 is 2.50 bits per heavy atom. The molecule has 2 fully saturated rings. The van der Waals surface area contributed by atoms with Crippen LogP contribution in [-0.2, 0) is 4.79 Å². The Balaban J connectivity index is 1.86. The Bertz CT molecular complexity index is 175. The van der Waals surface area contributed by atoms with Crippen LogP contribution in [0.4, 0.5) is 0 Å². The van der Waals surface area contributed by atoms with Crippen LogP contribution in [0.5, 0.6) is 0 Å². The summed E-state index contributed by atoms with van der Waals surface area (Å²) in [6.07, 6.45) is 6.86. The summed E-state index contributed by atoms with van der Waals surface area (Å²) in [5.74, 6) is 0.843. The Kier molecular flexibility index (Phi) is 2.30. The lowest BCUT2D eigenvalue weighted by molar-refractivity contribution is -0.118. The van der Waals surface area contributed by atoms with Gasteiger partial charge in [0.25, 0.3) is 0 Å². The second-order valence-electron chi connectivity index (χ2n) is 3.82. The first-order valence-electron chi connectivity index (χ1n) is 4.89. The van der Waals surface area contributed by atoms with Crippen LogP contribution in [0.15, 0.2) is 0 Å². The molecule has 2 aliphatic rings. The van der Waals surface area contributed by atoms with Crippen LogP contribution in [0.1, 0.15) is 32.1 Å². The zero-order valence-corrected chi connectivity index (χ0v) is 7.31. The Morgan fingerprint density at radius 2 is 1.92 bits per heavy atom. The quantitative estimate of drug-likeness (QED) is 0.602. The lowest BCUT2D eigenvalue weighted by Gasteiger charge is -2.26. The maximum atomic E-state index is 10.9. The van der Waals surface area contributed by atoms with E-state index in [1.165, 1.54) is 32.1 Å². The van der Waals surface area contributed by atoms with E-state index in [4.69, 9.17) is 0 Å². The van der Waals surface area contributed by atoms with E-state index in [1.807, 2.05) is 0 Å². The van der Waals surface area contributed by atoms with Crippen LogP contribution in [0.2, 0.25) is 0 Å². The van der Waals surface area contributed by atoms with Crippen LogP contribution >= 0.6 is 0 Å². The van der Waals surface area contributed by atoms with E-state index >= 15 is 0 Å². The van der Waals surface area contributed by atoms with Crippen molar-refractivity contribution in [1.82, 2.24) is 10.6 Å². The minimum Gasteiger partial charge on any atom is -0.339 e. The molecule has 2 rings (SSSR count). The van der Waals surface area contributed by atoms with Gasteiger partial charge in [-0.05, 0) is 18.8 Å². The van der Waals surface area contributed by atoms with Crippen molar-refractivity contribution in [2.75, 3.05) is 6.54 Å². The molecule has 3 nitrogen and oxygen atoms in total. The summed E-state index contributed by atoms with van der Waals surface area (Å²) < 4.78 is 0. The maximum Gasteiger partial charge on any atom is 0.235 e. The molecule has 0 aromatic heterocycles. The fourth-order valence-electron chi connectivity index (χ4n) is 2.23. The van der Waals surface area contributed by atoms with Gasteiger partial charge in [-0.1, -0.05) is 19.3 Å². The monoisotopic (exact) mass is 168 g/mol. The SMILES string of the molecule is O=C1CNC(C2CCCCC2)N1. The van der Waals surface area contributed by atoms with Gasteiger partial charge in [0.2, 0.25) is 5.91 Å². The molecule has 68 valence electrons. The van der Waals surface area contributed by atoms with Crippen molar-refractivity contribution in [3.05, 3.63) is 0 Å². The van der Waals surface area contributed by atoms with Crippen LogP contribution in [0, 0.1) is 5.92 Å². The van der Waals surface area contributed by atoms with Gasteiger partial charge >= 0.3 is 0 Å². The second-order valence-corrected chi connectivity index (χ2v) is 3.82. The number of nitrogens with one attached hydrogen (secondary N) is 2. The van der Waals surface area contributed by atoms with Crippen LogP contribution in [-0.4, -0.2) is 18.6 Å². The van der Waals surface area contributed by atoms with E-state index < -0.39 is 0 Å². The minimum absolute atomic E-state index is 0.158. The molecule has 3 heteroatoms. The molecule has 0 aromatic rings. The standard InChI is InChI=1S/C9H16N2O/c12-8-6-10-9(11-8)7-4-2-1-3-5-7/h7,9-10H,1-6H2,(H,11,12). The summed E-state index contributed by atoms with van der Waals surface area (Å²) in [5.41, 5.74) is 0. The first-order chi connectivity index (χ1) is 5.86. The normalized spacial score (nSPS) is 32.0. The second kappa shape index (κ2) is 3.44. The molecule has 1 aliphatic heterocycles. The predicted octanol–water partition coefficient (Wildman–Crippen LogP) is 0.612. The zero-order valence-electron chi connectivity index (χ0n) is 7.31. The average molecular weight is 168 g/mol. The molecule has 0 spiro atoms. The van der Waals surface area contributed by atoms with Gasteiger partial charge in [0.1, 0.15) is 0 Å². The molecule has 1 amide bonds. The molecule has 1 saturated carbocycles. The zero-order chi connectivity index (χ0) is 8.39. The number of rotatable bonds is 1.